The highest BCUT2D eigenvalue weighted by atomic mass is 32.1. The van der Waals surface area contributed by atoms with Crippen molar-refractivity contribution in [2.75, 3.05) is 20.8 Å². The number of carboxylic acids is 1. The SMILES string of the molecule is COc1ccc(CCOC(c2ccccc2)(c2ccccc2)C(Oc2nc3c(s2)C2CCC=C32)C(=O)O)cc1OC. The number of allylic oxidation sites excluding steroid dienone is 2. The summed E-state index contributed by atoms with van der Waals surface area (Å²) in [5.41, 5.74) is 3.05. The largest absolute Gasteiger partial charge is 0.493 e. The molecule has 4 aromatic rings. The van der Waals surface area contributed by atoms with Crippen molar-refractivity contribution in [3.05, 3.63) is 112 Å². The van der Waals surface area contributed by atoms with Crippen molar-refractivity contribution in [1.82, 2.24) is 4.98 Å². The van der Waals surface area contributed by atoms with Gasteiger partial charge in [0.25, 0.3) is 5.19 Å². The molecule has 2 unspecified atom stereocenters. The van der Waals surface area contributed by atoms with Gasteiger partial charge in [-0.25, -0.2) is 9.78 Å². The van der Waals surface area contributed by atoms with E-state index in [1.54, 1.807) is 14.2 Å². The molecular weight excluding hydrogens is 538 g/mol. The van der Waals surface area contributed by atoms with Crippen LogP contribution in [-0.4, -0.2) is 43.0 Å². The van der Waals surface area contributed by atoms with Gasteiger partial charge in [0.1, 0.15) is 0 Å². The summed E-state index contributed by atoms with van der Waals surface area (Å²) in [4.78, 5) is 19.0. The standard InChI is InChI=1S/C33H31NO6S/c1-37-26-17-16-21(20-27(26)38-2)18-19-39-33(22-10-5-3-6-11-22,23-12-7-4-8-13-23)30(31(35)36)40-32-34-28-24-14-9-15-25(24)29(28)41-32/h3-8,10-14,16-17,20,25,30H,9,15,18-19H2,1-2H3,(H,35,36). The third kappa shape index (κ3) is 4.87. The van der Waals surface area contributed by atoms with Crippen LogP contribution in [0.25, 0.3) is 5.57 Å². The number of hydrogen-bond acceptors (Lipinski definition) is 7. The lowest BCUT2D eigenvalue weighted by molar-refractivity contribution is -0.163. The van der Waals surface area contributed by atoms with Gasteiger partial charge in [-0.05, 0) is 53.7 Å². The fourth-order valence-corrected chi connectivity index (χ4v) is 6.94. The molecule has 2 aliphatic rings. The van der Waals surface area contributed by atoms with Gasteiger partial charge in [-0.3, -0.25) is 0 Å². The molecule has 41 heavy (non-hydrogen) atoms. The minimum absolute atomic E-state index is 0.218. The normalized spacial score (nSPS) is 16.1. The summed E-state index contributed by atoms with van der Waals surface area (Å²) in [6, 6.07) is 24.5. The molecular formula is C33H31NO6S. The number of aromatic nitrogens is 1. The van der Waals surface area contributed by atoms with E-state index in [9.17, 15) is 9.90 Å². The molecule has 8 heteroatoms. The van der Waals surface area contributed by atoms with Crippen LogP contribution in [0.15, 0.2) is 84.9 Å². The highest BCUT2D eigenvalue weighted by Gasteiger charge is 2.50. The predicted octanol–water partition coefficient (Wildman–Crippen LogP) is 6.47. The molecule has 0 spiro atoms. The highest BCUT2D eigenvalue weighted by molar-refractivity contribution is 7.14. The number of aliphatic carboxylic acids is 1. The van der Waals surface area contributed by atoms with Crippen molar-refractivity contribution < 1.29 is 28.8 Å². The third-order valence-electron chi connectivity index (χ3n) is 7.80. The Hall–Kier alpha value is -4.14. The predicted molar refractivity (Wildman–Crippen MR) is 157 cm³/mol. The number of methoxy groups -OCH3 is 2. The summed E-state index contributed by atoms with van der Waals surface area (Å²) in [5, 5.41) is 11.1. The smallest absolute Gasteiger partial charge is 0.348 e. The molecule has 3 aromatic carbocycles. The van der Waals surface area contributed by atoms with Gasteiger partial charge in [-0.1, -0.05) is 84.1 Å². The first-order valence-electron chi connectivity index (χ1n) is 13.6. The quantitative estimate of drug-likeness (QED) is 0.209. The lowest BCUT2D eigenvalue weighted by Gasteiger charge is -2.39. The van der Waals surface area contributed by atoms with Crippen molar-refractivity contribution in [2.45, 2.75) is 36.9 Å². The average Bonchev–Trinajstić information content (AvgIpc) is 3.60. The zero-order valence-electron chi connectivity index (χ0n) is 22.9. The van der Waals surface area contributed by atoms with Crippen molar-refractivity contribution in [2.24, 2.45) is 0 Å². The number of carboxylic acid groups (broad SMARTS) is 1. The summed E-state index contributed by atoms with van der Waals surface area (Å²) in [6.07, 6.45) is 3.45. The highest BCUT2D eigenvalue weighted by Crippen LogP contribution is 2.56. The van der Waals surface area contributed by atoms with Gasteiger partial charge in [-0.2, -0.15) is 0 Å². The van der Waals surface area contributed by atoms with Crippen LogP contribution in [0.3, 0.4) is 0 Å². The first-order valence-corrected chi connectivity index (χ1v) is 14.4. The maximum absolute atomic E-state index is 13.1. The van der Waals surface area contributed by atoms with Gasteiger partial charge in [0.05, 0.1) is 26.5 Å². The Bertz CT molecular complexity index is 1530. The van der Waals surface area contributed by atoms with E-state index < -0.39 is 17.7 Å². The van der Waals surface area contributed by atoms with Crippen LogP contribution < -0.4 is 14.2 Å². The number of benzene rings is 3. The average molecular weight is 570 g/mol. The van der Waals surface area contributed by atoms with Crippen molar-refractivity contribution in [3.8, 4) is 16.7 Å². The van der Waals surface area contributed by atoms with Crippen molar-refractivity contribution >= 4 is 22.9 Å². The molecule has 1 aromatic heterocycles. The van der Waals surface area contributed by atoms with Gasteiger partial charge >= 0.3 is 5.97 Å². The summed E-state index contributed by atoms with van der Waals surface area (Å²) < 4.78 is 23.9. The molecule has 2 atom stereocenters. The monoisotopic (exact) mass is 569 g/mol. The molecule has 1 heterocycles. The molecule has 0 saturated heterocycles. The molecule has 7 nitrogen and oxygen atoms in total. The van der Waals surface area contributed by atoms with Crippen molar-refractivity contribution in [1.29, 1.82) is 0 Å². The van der Waals surface area contributed by atoms with Crippen LogP contribution in [0, 0.1) is 0 Å². The van der Waals surface area contributed by atoms with E-state index in [0.717, 1.165) is 24.1 Å². The Morgan fingerprint density at radius 1 is 1.00 bits per heavy atom. The van der Waals surface area contributed by atoms with E-state index in [0.29, 0.717) is 40.2 Å². The van der Waals surface area contributed by atoms with Gasteiger partial charge in [0, 0.05) is 10.8 Å². The molecule has 0 radical (unpaired) electrons. The summed E-state index contributed by atoms with van der Waals surface area (Å²) >= 11 is 1.44. The maximum atomic E-state index is 13.1. The molecule has 0 fully saturated rings. The van der Waals surface area contributed by atoms with Crippen LogP contribution in [0.2, 0.25) is 0 Å². The van der Waals surface area contributed by atoms with E-state index in [4.69, 9.17) is 23.9 Å². The lowest BCUT2D eigenvalue weighted by atomic mass is 9.81. The first kappa shape index (κ1) is 27.1. The molecule has 0 saturated carbocycles. The van der Waals surface area contributed by atoms with Gasteiger partial charge in [0.2, 0.25) is 6.10 Å². The minimum Gasteiger partial charge on any atom is -0.493 e. The molecule has 0 amide bonds. The molecule has 1 N–H and O–H groups in total. The van der Waals surface area contributed by atoms with E-state index >= 15 is 0 Å². The molecule has 6 rings (SSSR count). The van der Waals surface area contributed by atoms with Crippen LogP contribution in [0.4, 0.5) is 0 Å². The van der Waals surface area contributed by atoms with Gasteiger partial charge < -0.3 is 24.1 Å². The fraction of sp³-hybridized carbons (Fsp3) is 0.273. The van der Waals surface area contributed by atoms with Gasteiger partial charge in [0.15, 0.2) is 17.1 Å². The van der Waals surface area contributed by atoms with E-state index in [1.165, 1.54) is 21.8 Å². The Morgan fingerprint density at radius 2 is 1.68 bits per heavy atom. The van der Waals surface area contributed by atoms with E-state index in [-0.39, 0.29) is 6.61 Å². The van der Waals surface area contributed by atoms with Crippen LogP contribution >= 0.6 is 11.3 Å². The number of thiazole rings is 1. The fourth-order valence-electron chi connectivity index (χ4n) is 5.82. The zero-order chi connectivity index (χ0) is 28.4. The topological polar surface area (TPSA) is 87.1 Å². The molecule has 210 valence electrons. The van der Waals surface area contributed by atoms with Crippen LogP contribution in [0.5, 0.6) is 16.7 Å². The second-order valence-electron chi connectivity index (χ2n) is 10.1. The number of rotatable bonds is 12. The number of fused-ring (bicyclic) bond motifs is 4. The lowest BCUT2D eigenvalue weighted by Crippen LogP contribution is -2.51. The number of ether oxygens (including phenoxy) is 4. The first-order chi connectivity index (χ1) is 20.0. The molecule has 0 aliphatic heterocycles. The van der Waals surface area contributed by atoms with Crippen LogP contribution in [-0.2, 0) is 21.6 Å². The number of carbonyl (C=O) groups is 1. The molecule has 0 bridgehead atoms. The second-order valence-corrected chi connectivity index (χ2v) is 11.1. The number of hydrogen-bond donors (Lipinski definition) is 1. The Labute approximate surface area is 243 Å². The van der Waals surface area contributed by atoms with E-state index in [1.807, 2.05) is 78.9 Å². The Balaban J connectivity index is 1.38. The zero-order valence-corrected chi connectivity index (χ0v) is 23.7. The van der Waals surface area contributed by atoms with Gasteiger partial charge in [-0.15, -0.1) is 0 Å². The number of nitrogens with zero attached hydrogens (tertiary/aromatic N) is 1. The second kappa shape index (κ2) is 11.4. The van der Waals surface area contributed by atoms with Crippen LogP contribution in [0.1, 0.15) is 46.0 Å². The third-order valence-corrected chi connectivity index (χ3v) is 8.86. The summed E-state index contributed by atoms with van der Waals surface area (Å²) in [5.74, 6) is 0.517. The Morgan fingerprint density at radius 3 is 2.32 bits per heavy atom. The summed E-state index contributed by atoms with van der Waals surface area (Å²) in [7, 11) is 3.19. The maximum Gasteiger partial charge on any atom is 0.348 e. The van der Waals surface area contributed by atoms with E-state index in [2.05, 4.69) is 6.08 Å². The Kier molecular flexibility index (Phi) is 7.51. The minimum atomic E-state index is -1.46. The molecule has 2 aliphatic carbocycles. The summed E-state index contributed by atoms with van der Waals surface area (Å²) in [6.45, 7) is 0.218. The van der Waals surface area contributed by atoms with Crippen molar-refractivity contribution in [3.63, 3.8) is 0 Å².